The molecule has 1 heterocycles. The first-order valence-electron chi connectivity index (χ1n) is 2.36. The Balaban J connectivity index is 2.85. The first-order valence-corrected chi connectivity index (χ1v) is 2.36. The van der Waals surface area contributed by atoms with Crippen molar-refractivity contribution in [1.82, 2.24) is 15.0 Å². The molecule has 0 saturated heterocycles. The van der Waals surface area contributed by atoms with Gasteiger partial charge in [0.15, 0.2) is 0 Å². The summed E-state index contributed by atoms with van der Waals surface area (Å²) in [6.45, 7) is 0. The first kappa shape index (κ1) is 5.74. The zero-order valence-electron chi connectivity index (χ0n) is 4.89. The minimum Gasteiger partial charge on any atom is -0.411 e. The van der Waals surface area contributed by atoms with Crippen LogP contribution >= 0.6 is 0 Å². The molecule has 0 aliphatic heterocycles. The number of nitrogens with zero attached hydrogens (tertiary/aromatic N) is 4. The van der Waals surface area contributed by atoms with Crippen molar-refractivity contribution in [2.45, 2.75) is 0 Å². The minimum absolute atomic E-state index is 0.542. The quantitative estimate of drug-likeness (QED) is 0.317. The molecule has 0 unspecified atom stereocenters. The van der Waals surface area contributed by atoms with Gasteiger partial charge < -0.3 is 5.21 Å². The Morgan fingerprint density at radius 2 is 2.67 bits per heavy atom. The highest BCUT2D eigenvalue weighted by atomic mass is 16.4. The van der Waals surface area contributed by atoms with Crippen molar-refractivity contribution < 1.29 is 5.21 Å². The fraction of sp³-hybridized carbons (Fsp3) is 0.250. The van der Waals surface area contributed by atoms with E-state index in [1.807, 2.05) is 0 Å². The highest BCUT2D eigenvalue weighted by Gasteiger charge is 1.90. The van der Waals surface area contributed by atoms with Gasteiger partial charge in [-0.2, -0.15) is 15.0 Å². The summed E-state index contributed by atoms with van der Waals surface area (Å²) in [5, 5.41) is 18.3. The van der Waals surface area contributed by atoms with E-state index in [9.17, 15) is 0 Å². The van der Waals surface area contributed by atoms with Crippen LogP contribution < -0.4 is 0 Å². The number of aromatic nitrogens is 3. The average Bonchev–Trinajstić information content (AvgIpc) is 2.17. The van der Waals surface area contributed by atoms with Gasteiger partial charge in [-0.3, -0.25) is 0 Å². The van der Waals surface area contributed by atoms with E-state index in [4.69, 9.17) is 5.21 Å². The van der Waals surface area contributed by atoms with Crippen LogP contribution in [0.1, 0.15) is 5.69 Å². The topological polar surface area (TPSA) is 63.3 Å². The number of rotatable bonds is 1. The van der Waals surface area contributed by atoms with Crippen LogP contribution in [0.4, 0.5) is 0 Å². The van der Waals surface area contributed by atoms with Crippen LogP contribution in [0.25, 0.3) is 0 Å². The van der Waals surface area contributed by atoms with E-state index in [1.165, 1.54) is 17.2 Å². The molecule has 0 saturated carbocycles. The molecule has 0 aromatic carbocycles. The fourth-order valence-electron chi connectivity index (χ4n) is 0.480. The normalized spacial score (nSPS) is 10.8. The van der Waals surface area contributed by atoms with Crippen LogP contribution in [-0.2, 0) is 7.05 Å². The molecule has 1 rings (SSSR count). The van der Waals surface area contributed by atoms with Gasteiger partial charge >= 0.3 is 0 Å². The van der Waals surface area contributed by atoms with Crippen LogP contribution in [0.3, 0.4) is 0 Å². The molecule has 0 fully saturated rings. The van der Waals surface area contributed by atoms with Crippen molar-refractivity contribution in [3.63, 3.8) is 0 Å². The van der Waals surface area contributed by atoms with Gasteiger partial charge in [0.05, 0.1) is 12.4 Å². The molecule has 0 bridgehead atoms. The van der Waals surface area contributed by atoms with Crippen molar-refractivity contribution in [3.05, 3.63) is 11.9 Å². The third-order valence-corrected chi connectivity index (χ3v) is 0.807. The van der Waals surface area contributed by atoms with Gasteiger partial charge in [0, 0.05) is 7.05 Å². The summed E-state index contributed by atoms with van der Waals surface area (Å²) >= 11 is 0. The van der Waals surface area contributed by atoms with Crippen LogP contribution in [-0.4, -0.2) is 26.4 Å². The number of oxime groups is 1. The number of hydrogen-bond donors (Lipinski definition) is 1. The third-order valence-electron chi connectivity index (χ3n) is 0.807. The standard InChI is InChI=1S/C4H6N4O/c1-8-5-2-4(7-8)3-6-9/h2-3,9H,1H3. The smallest absolute Gasteiger partial charge is 0.127 e. The minimum atomic E-state index is 0.542. The molecule has 0 aliphatic carbocycles. The Labute approximate surface area is 51.6 Å². The zero-order valence-corrected chi connectivity index (χ0v) is 4.89. The summed E-state index contributed by atoms with van der Waals surface area (Å²) in [5.74, 6) is 0. The molecule has 9 heavy (non-hydrogen) atoms. The molecule has 1 N–H and O–H groups in total. The van der Waals surface area contributed by atoms with E-state index in [2.05, 4.69) is 15.4 Å². The van der Waals surface area contributed by atoms with Crippen LogP contribution in [0.5, 0.6) is 0 Å². The number of aryl methyl sites for hydroxylation is 1. The average molecular weight is 126 g/mol. The van der Waals surface area contributed by atoms with Crippen LogP contribution in [0, 0.1) is 0 Å². The molecule has 48 valence electrons. The highest BCUT2D eigenvalue weighted by Crippen LogP contribution is 1.82. The van der Waals surface area contributed by atoms with Crippen LogP contribution in [0.2, 0.25) is 0 Å². The summed E-state index contributed by atoms with van der Waals surface area (Å²) in [7, 11) is 1.69. The summed E-state index contributed by atoms with van der Waals surface area (Å²) in [6, 6.07) is 0. The lowest BCUT2D eigenvalue weighted by molar-refractivity contribution is 0.321. The summed E-state index contributed by atoms with van der Waals surface area (Å²) < 4.78 is 0. The second-order valence-electron chi connectivity index (χ2n) is 1.50. The second kappa shape index (κ2) is 2.25. The monoisotopic (exact) mass is 126 g/mol. The van der Waals surface area contributed by atoms with Crippen molar-refractivity contribution in [2.24, 2.45) is 12.2 Å². The van der Waals surface area contributed by atoms with Gasteiger partial charge in [-0.05, 0) is 0 Å². The van der Waals surface area contributed by atoms with Crippen molar-refractivity contribution in [2.75, 3.05) is 0 Å². The molecular formula is C4H6N4O. The molecule has 5 nitrogen and oxygen atoms in total. The summed E-state index contributed by atoms with van der Waals surface area (Å²) in [5.41, 5.74) is 0.542. The predicted octanol–water partition coefficient (Wildman–Crippen LogP) is -0.377. The fourth-order valence-corrected chi connectivity index (χ4v) is 0.480. The second-order valence-corrected chi connectivity index (χ2v) is 1.50. The van der Waals surface area contributed by atoms with Gasteiger partial charge in [-0.1, -0.05) is 5.16 Å². The van der Waals surface area contributed by atoms with Gasteiger partial charge in [0.25, 0.3) is 0 Å². The highest BCUT2D eigenvalue weighted by molar-refractivity contribution is 5.75. The summed E-state index contributed by atoms with van der Waals surface area (Å²) in [4.78, 5) is 1.39. The molecule has 0 amide bonds. The third kappa shape index (κ3) is 1.25. The maximum atomic E-state index is 8.02. The molecule has 0 aliphatic rings. The molecule has 0 radical (unpaired) electrons. The maximum Gasteiger partial charge on any atom is 0.127 e. The van der Waals surface area contributed by atoms with Crippen molar-refractivity contribution in [3.8, 4) is 0 Å². The van der Waals surface area contributed by atoms with E-state index >= 15 is 0 Å². The van der Waals surface area contributed by atoms with Gasteiger partial charge in [0.2, 0.25) is 0 Å². The molecular weight excluding hydrogens is 120 g/mol. The molecule has 5 heteroatoms. The van der Waals surface area contributed by atoms with Gasteiger partial charge in [-0.15, -0.1) is 0 Å². The van der Waals surface area contributed by atoms with Gasteiger partial charge in [0.1, 0.15) is 5.69 Å². The Bertz CT molecular complexity index is 216. The van der Waals surface area contributed by atoms with E-state index in [-0.39, 0.29) is 0 Å². The number of hydrogen-bond acceptors (Lipinski definition) is 4. The van der Waals surface area contributed by atoms with E-state index < -0.39 is 0 Å². The Hall–Kier alpha value is -1.39. The van der Waals surface area contributed by atoms with Crippen molar-refractivity contribution >= 4 is 6.21 Å². The van der Waals surface area contributed by atoms with Gasteiger partial charge in [-0.25, -0.2) is 0 Å². The van der Waals surface area contributed by atoms with Crippen LogP contribution in [0.15, 0.2) is 11.4 Å². The molecule has 1 aromatic heterocycles. The molecule has 0 spiro atoms. The zero-order chi connectivity index (χ0) is 6.69. The lowest BCUT2D eigenvalue weighted by atomic mass is 10.5. The van der Waals surface area contributed by atoms with E-state index in [0.29, 0.717) is 5.69 Å². The molecule has 0 atom stereocenters. The summed E-state index contributed by atoms with van der Waals surface area (Å²) in [6.07, 6.45) is 2.72. The lowest BCUT2D eigenvalue weighted by Crippen LogP contribution is -1.92. The SMILES string of the molecule is Cn1ncc(C=NO)n1. The predicted molar refractivity (Wildman–Crippen MR) is 30.4 cm³/mol. The van der Waals surface area contributed by atoms with E-state index in [0.717, 1.165) is 0 Å². The largest absolute Gasteiger partial charge is 0.411 e. The Morgan fingerprint density at radius 3 is 3.11 bits per heavy atom. The first-order chi connectivity index (χ1) is 4.33. The maximum absolute atomic E-state index is 8.02. The molecule has 1 aromatic rings. The van der Waals surface area contributed by atoms with E-state index in [1.54, 1.807) is 7.05 Å². The van der Waals surface area contributed by atoms with Crippen molar-refractivity contribution in [1.29, 1.82) is 0 Å². The Morgan fingerprint density at radius 1 is 1.89 bits per heavy atom. The Kier molecular flexibility index (Phi) is 1.44. The lowest BCUT2D eigenvalue weighted by Gasteiger charge is -1.78.